The number of nitrogens with zero attached hydrogens (tertiary/aromatic N) is 2. The third-order valence-electron chi connectivity index (χ3n) is 6.98. The summed E-state index contributed by atoms with van der Waals surface area (Å²) in [6.07, 6.45) is -4.64. The summed E-state index contributed by atoms with van der Waals surface area (Å²) in [4.78, 5) is 29.8. The lowest BCUT2D eigenvalue weighted by molar-refractivity contribution is -0.137. The summed E-state index contributed by atoms with van der Waals surface area (Å²) in [5.41, 5.74) is 1.84. The molecule has 4 rings (SSSR count). The van der Waals surface area contributed by atoms with E-state index in [1.807, 2.05) is 51.9 Å². The molecule has 1 aliphatic rings. The molecule has 0 bridgehead atoms. The van der Waals surface area contributed by atoms with Crippen molar-refractivity contribution in [1.82, 2.24) is 0 Å². The Morgan fingerprint density at radius 2 is 1.54 bits per heavy atom. The molecule has 5 nitrogen and oxygen atoms in total. The highest BCUT2D eigenvalue weighted by atomic mass is 19.4. The highest BCUT2D eigenvalue weighted by Gasteiger charge is 2.47. The van der Waals surface area contributed by atoms with Crippen LogP contribution in [0.3, 0.4) is 0 Å². The molecule has 1 atom stereocenters. The standard InChI is InChI=1S/C31H31F3N2O3/c1-18-10-13-20(30(2,3)4)17-24(18)27(37)25-26(19-11-14-22(15-12-19)35(5)6)36(29(39)28(25)38)23-9-7-8-21(16-23)31(32,33)34/h7-17,26,37H,1-6H3/b27-25+. The van der Waals surface area contributed by atoms with Gasteiger partial charge in [-0.2, -0.15) is 13.2 Å². The molecule has 0 aliphatic carbocycles. The molecular weight excluding hydrogens is 505 g/mol. The maximum absolute atomic E-state index is 13.5. The van der Waals surface area contributed by atoms with Crippen LogP contribution in [0.2, 0.25) is 0 Å². The first-order chi connectivity index (χ1) is 18.1. The van der Waals surface area contributed by atoms with E-state index >= 15 is 0 Å². The van der Waals surface area contributed by atoms with Crippen LogP contribution in [0.1, 0.15) is 54.6 Å². The van der Waals surface area contributed by atoms with Crippen LogP contribution in [-0.4, -0.2) is 30.9 Å². The third kappa shape index (κ3) is 5.28. The second-order valence-corrected chi connectivity index (χ2v) is 11.0. The number of aryl methyl sites for hydroxylation is 1. The maximum Gasteiger partial charge on any atom is 0.416 e. The number of benzene rings is 3. The summed E-state index contributed by atoms with van der Waals surface area (Å²) in [7, 11) is 3.71. The van der Waals surface area contributed by atoms with Gasteiger partial charge < -0.3 is 10.0 Å². The molecule has 0 radical (unpaired) electrons. The number of hydrogen-bond donors (Lipinski definition) is 1. The van der Waals surface area contributed by atoms with Gasteiger partial charge in [0.1, 0.15) is 5.76 Å². The number of aliphatic hydroxyl groups excluding tert-OH is 1. The molecule has 0 saturated carbocycles. The zero-order chi connectivity index (χ0) is 28.9. The van der Waals surface area contributed by atoms with E-state index < -0.39 is 29.5 Å². The molecule has 1 saturated heterocycles. The maximum atomic E-state index is 13.5. The fourth-order valence-electron chi connectivity index (χ4n) is 4.69. The molecule has 1 fully saturated rings. The molecule has 204 valence electrons. The molecular formula is C31H31F3N2O3. The summed E-state index contributed by atoms with van der Waals surface area (Å²) >= 11 is 0. The molecule has 8 heteroatoms. The van der Waals surface area contributed by atoms with Crippen molar-refractivity contribution in [3.63, 3.8) is 0 Å². The van der Waals surface area contributed by atoms with Crippen LogP contribution >= 0.6 is 0 Å². The number of Topliss-reactive ketones (excluding diaryl/α,β-unsaturated/α-hetero) is 1. The van der Waals surface area contributed by atoms with E-state index in [1.165, 1.54) is 12.1 Å². The van der Waals surface area contributed by atoms with Gasteiger partial charge in [-0.1, -0.05) is 51.1 Å². The Balaban J connectivity index is 1.98. The lowest BCUT2D eigenvalue weighted by atomic mass is 9.84. The topological polar surface area (TPSA) is 60.9 Å². The van der Waals surface area contributed by atoms with Crippen molar-refractivity contribution in [2.24, 2.45) is 0 Å². The van der Waals surface area contributed by atoms with Gasteiger partial charge in [0.05, 0.1) is 17.2 Å². The summed E-state index contributed by atoms with van der Waals surface area (Å²) in [6, 6.07) is 15.7. The van der Waals surface area contributed by atoms with Gasteiger partial charge in [-0.15, -0.1) is 0 Å². The molecule has 1 N–H and O–H groups in total. The average Bonchev–Trinajstić information content (AvgIpc) is 3.13. The fraction of sp³-hybridized carbons (Fsp3) is 0.290. The molecule has 0 spiro atoms. The molecule has 1 amide bonds. The van der Waals surface area contributed by atoms with Gasteiger partial charge in [0.15, 0.2) is 0 Å². The first-order valence-corrected chi connectivity index (χ1v) is 12.5. The molecule has 1 aliphatic heterocycles. The summed E-state index contributed by atoms with van der Waals surface area (Å²) in [6.45, 7) is 7.83. The predicted molar refractivity (Wildman–Crippen MR) is 147 cm³/mol. The van der Waals surface area contributed by atoms with Crippen LogP contribution < -0.4 is 9.80 Å². The fourth-order valence-corrected chi connectivity index (χ4v) is 4.69. The average molecular weight is 537 g/mol. The molecule has 3 aromatic carbocycles. The molecule has 3 aromatic rings. The van der Waals surface area contributed by atoms with Gasteiger partial charge >= 0.3 is 6.18 Å². The van der Waals surface area contributed by atoms with Crippen molar-refractivity contribution in [1.29, 1.82) is 0 Å². The van der Waals surface area contributed by atoms with Crippen molar-refractivity contribution in [3.8, 4) is 0 Å². The smallest absolute Gasteiger partial charge is 0.416 e. The Morgan fingerprint density at radius 1 is 0.897 bits per heavy atom. The van der Waals surface area contributed by atoms with E-state index in [0.29, 0.717) is 16.7 Å². The summed E-state index contributed by atoms with van der Waals surface area (Å²) in [5, 5.41) is 11.6. The number of carbonyl (C=O) groups is 2. The van der Waals surface area contributed by atoms with Crippen LogP contribution in [0.4, 0.5) is 24.5 Å². The van der Waals surface area contributed by atoms with Crippen LogP contribution in [0, 0.1) is 6.92 Å². The number of hydrogen-bond acceptors (Lipinski definition) is 4. The van der Waals surface area contributed by atoms with Gasteiger partial charge in [0, 0.05) is 31.0 Å². The zero-order valence-electron chi connectivity index (χ0n) is 22.7. The minimum Gasteiger partial charge on any atom is -0.507 e. The first kappa shape index (κ1) is 28.0. The highest BCUT2D eigenvalue weighted by Crippen LogP contribution is 2.44. The monoisotopic (exact) mass is 536 g/mol. The molecule has 1 heterocycles. The molecule has 39 heavy (non-hydrogen) atoms. The minimum absolute atomic E-state index is 0.0900. The molecule has 1 unspecified atom stereocenters. The van der Waals surface area contributed by atoms with E-state index in [4.69, 9.17) is 0 Å². The number of aliphatic hydroxyl groups is 1. The predicted octanol–water partition coefficient (Wildman–Crippen LogP) is 7.00. The van der Waals surface area contributed by atoms with E-state index in [-0.39, 0.29) is 22.4 Å². The number of anilines is 2. The number of ketones is 1. The Bertz CT molecular complexity index is 1470. The van der Waals surface area contributed by atoms with E-state index in [0.717, 1.165) is 28.3 Å². The third-order valence-corrected chi connectivity index (χ3v) is 6.98. The van der Waals surface area contributed by atoms with Crippen LogP contribution in [0.15, 0.2) is 72.3 Å². The number of amides is 1. The Kier molecular flexibility index (Phi) is 7.10. The van der Waals surface area contributed by atoms with Gasteiger partial charge in [0.25, 0.3) is 11.7 Å². The van der Waals surface area contributed by atoms with Crippen molar-refractivity contribution >= 4 is 28.8 Å². The summed E-state index contributed by atoms with van der Waals surface area (Å²) < 4.78 is 40.6. The van der Waals surface area contributed by atoms with Gasteiger partial charge in [0.2, 0.25) is 0 Å². The first-order valence-electron chi connectivity index (χ1n) is 12.5. The SMILES string of the molecule is Cc1ccc(C(C)(C)C)cc1/C(O)=C1\C(=O)C(=O)N(c2cccc(C(F)(F)F)c2)C1c1ccc(N(C)C)cc1. The Labute approximate surface area is 226 Å². The van der Waals surface area contributed by atoms with Crippen molar-refractivity contribution in [2.45, 2.75) is 45.3 Å². The minimum atomic E-state index is -4.64. The van der Waals surface area contributed by atoms with E-state index in [1.54, 1.807) is 37.3 Å². The number of alkyl halides is 3. The lowest BCUT2D eigenvalue weighted by Crippen LogP contribution is -2.29. The van der Waals surface area contributed by atoms with Crippen LogP contribution in [-0.2, 0) is 21.2 Å². The quantitative estimate of drug-likeness (QED) is 0.222. The van der Waals surface area contributed by atoms with E-state index in [2.05, 4.69) is 0 Å². The van der Waals surface area contributed by atoms with Crippen molar-refractivity contribution in [3.05, 3.63) is 100 Å². The Morgan fingerprint density at radius 3 is 2.10 bits per heavy atom. The normalized spacial score (nSPS) is 17.6. The van der Waals surface area contributed by atoms with Gasteiger partial charge in [-0.25, -0.2) is 0 Å². The molecule has 0 aromatic heterocycles. The lowest BCUT2D eigenvalue weighted by Gasteiger charge is -2.27. The van der Waals surface area contributed by atoms with Gasteiger partial charge in [-0.3, -0.25) is 14.5 Å². The number of halogens is 3. The van der Waals surface area contributed by atoms with Crippen molar-refractivity contribution < 1.29 is 27.9 Å². The van der Waals surface area contributed by atoms with Crippen molar-refractivity contribution in [2.75, 3.05) is 23.9 Å². The van der Waals surface area contributed by atoms with Gasteiger partial charge in [-0.05, 0) is 65.4 Å². The van der Waals surface area contributed by atoms with E-state index in [9.17, 15) is 27.9 Å². The second-order valence-electron chi connectivity index (χ2n) is 11.0. The zero-order valence-corrected chi connectivity index (χ0v) is 22.7. The Hall–Kier alpha value is -4.07. The summed E-state index contributed by atoms with van der Waals surface area (Å²) in [5.74, 6) is -2.34. The number of rotatable bonds is 4. The highest BCUT2D eigenvalue weighted by molar-refractivity contribution is 6.51. The second kappa shape index (κ2) is 9.91. The largest absolute Gasteiger partial charge is 0.507 e. The number of carbonyl (C=O) groups excluding carboxylic acids is 2. The van der Waals surface area contributed by atoms with Crippen LogP contribution in [0.25, 0.3) is 5.76 Å². The van der Waals surface area contributed by atoms with Crippen LogP contribution in [0.5, 0.6) is 0 Å².